The van der Waals surface area contributed by atoms with E-state index < -0.39 is 36.0 Å². The average molecular weight is 620 g/mol. The lowest BCUT2D eigenvalue weighted by molar-refractivity contribution is -0.140. The van der Waals surface area contributed by atoms with Crippen LogP contribution in [0.2, 0.25) is 5.02 Å². The summed E-state index contributed by atoms with van der Waals surface area (Å²) in [5.41, 5.74) is 0.723. The van der Waals surface area contributed by atoms with Crippen LogP contribution in [-0.4, -0.2) is 107 Å². The standard InChI is InChI=1S/C28H29ClF3N7O4/c29-19-2-1-3-20-22(19)27(4-6-38(7-5-27)25(41)18-12-17-14-35-36-23(17)33-13-18)26(42)39(20)21(15-37-8-10-43-11-9-37)24(40)34-16-28(30,31)32/h1-3,12-14,21H,4-11,15-16H2,(H,34,40)(H,33,35,36). The number of halogens is 4. The Balaban J connectivity index is 1.29. The first-order chi connectivity index (χ1) is 20.6. The molecule has 0 aliphatic carbocycles. The number of carbonyl (C=O) groups is 3. The van der Waals surface area contributed by atoms with Gasteiger partial charge in [0.15, 0.2) is 5.65 Å². The summed E-state index contributed by atoms with van der Waals surface area (Å²) < 4.78 is 44.6. The molecule has 2 saturated heterocycles. The second kappa shape index (κ2) is 11.4. The Morgan fingerprint density at radius 3 is 2.60 bits per heavy atom. The molecule has 3 amide bonds. The SMILES string of the molecule is O=C(NCC(F)(F)F)C(CN1CCOCC1)N1C(=O)C2(CCN(C(=O)c3cnc4[nH]ncc4c3)CC2)c2c(Cl)cccc21. The number of aromatic amines is 1. The largest absolute Gasteiger partial charge is 0.405 e. The molecule has 0 bridgehead atoms. The Morgan fingerprint density at radius 1 is 1.14 bits per heavy atom. The van der Waals surface area contributed by atoms with E-state index in [-0.39, 0.29) is 38.4 Å². The molecule has 3 aliphatic rings. The first-order valence-electron chi connectivity index (χ1n) is 13.9. The van der Waals surface area contributed by atoms with Crippen molar-refractivity contribution in [2.24, 2.45) is 0 Å². The van der Waals surface area contributed by atoms with Gasteiger partial charge in [-0.1, -0.05) is 17.7 Å². The minimum atomic E-state index is -4.62. The number of hydrogen-bond donors (Lipinski definition) is 2. The minimum Gasteiger partial charge on any atom is -0.379 e. The van der Waals surface area contributed by atoms with Crippen molar-refractivity contribution in [3.05, 3.63) is 52.8 Å². The zero-order valence-electron chi connectivity index (χ0n) is 23.0. The van der Waals surface area contributed by atoms with Gasteiger partial charge in [-0.25, -0.2) is 4.98 Å². The number of benzene rings is 1. The van der Waals surface area contributed by atoms with Crippen LogP contribution in [0.1, 0.15) is 28.8 Å². The van der Waals surface area contributed by atoms with Crippen molar-refractivity contribution in [3.63, 3.8) is 0 Å². The number of hydrogen-bond acceptors (Lipinski definition) is 7. The van der Waals surface area contributed by atoms with Gasteiger partial charge in [0, 0.05) is 54.9 Å². The van der Waals surface area contributed by atoms with E-state index in [2.05, 4.69) is 15.2 Å². The van der Waals surface area contributed by atoms with E-state index in [4.69, 9.17) is 16.3 Å². The molecule has 6 rings (SSSR count). The highest BCUT2D eigenvalue weighted by Crippen LogP contribution is 2.51. The molecule has 3 aliphatic heterocycles. The minimum absolute atomic E-state index is 0.0227. The Bertz CT molecular complexity index is 1550. The fourth-order valence-corrected chi connectivity index (χ4v) is 6.60. The van der Waals surface area contributed by atoms with Crippen LogP contribution in [0.4, 0.5) is 18.9 Å². The van der Waals surface area contributed by atoms with Gasteiger partial charge in [0.05, 0.1) is 36.1 Å². The van der Waals surface area contributed by atoms with Crippen LogP contribution in [0.5, 0.6) is 0 Å². The Labute approximate surface area is 249 Å². The Hall–Kier alpha value is -3.75. The number of carbonyl (C=O) groups excluding carboxylic acids is 3. The summed E-state index contributed by atoms with van der Waals surface area (Å²) in [6.07, 6.45) is -1.13. The lowest BCUT2D eigenvalue weighted by Crippen LogP contribution is -2.59. The number of anilines is 1. The number of morpholine rings is 1. The highest BCUT2D eigenvalue weighted by atomic mass is 35.5. The van der Waals surface area contributed by atoms with E-state index in [0.29, 0.717) is 59.2 Å². The first kappa shape index (κ1) is 29.3. The number of likely N-dealkylation sites (tertiary alicyclic amines) is 1. The summed E-state index contributed by atoms with van der Waals surface area (Å²) in [6.45, 7) is 0.701. The van der Waals surface area contributed by atoms with Crippen LogP contribution in [0.25, 0.3) is 11.0 Å². The molecule has 2 aromatic heterocycles. The molecule has 2 fully saturated rings. The molecule has 1 spiro atoms. The topological polar surface area (TPSA) is 124 Å². The predicted octanol–water partition coefficient (Wildman–Crippen LogP) is 2.51. The predicted molar refractivity (Wildman–Crippen MR) is 150 cm³/mol. The zero-order valence-corrected chi connectivity index (χ0v) is 23.7. The molecule has 1 aromatic carbocycles. The lowest BCUT2D eigenvalue weighted by atomic mass is 9.73. The smallest absolute Gasteiger partial charge is 0.379 e. The van der Waals surface area contributed by atoms with Gasteiger partial charge < -0.3 is 15.0 Å². The van der Waals surface area contributed by atoms with Gasteiger partial charge in [0.25, 0.3) is 5.91 Å². The molecule has 228 valence electrons. The normalized spacial score (nSPS) is 19.6. The van der Waals surface area contributed by atoms with Gasteiger partial charge in [-0.05, 0) is 31.0 Å². The third kappa shape index (κ3) is 5.54. The molecular weight excluding hydrogens is 591 g/mol. The maximum absolute atomic E-state index is 14.4. The summed E-state index contributed by atoms with van der Waals surface area (Å²) in [6, 6.07) is 5.43. The van der Waals surface area contributed by atoms with Crippen molar-refractivity contribution in [2.75, 3.05) is 57.4 Å². The number of nitrogens with zero attached hydrogens (tertiary/aromatic N) is 5. The van der Waals surface area contributed by atoms with Crippen LogP contribution in [-0.2, 0) is 19.7 Å². The fourth-order valence-electron chi connectivity index (χ4n) is 6.25. The third-order valence-corrected chi connectivity index (χ3v) is 8.73. The van der Waals surface area contributed by atoms with Gasteiger partial charge in [-0.15, -0.1) is 0 Å². The van der Waals surface area contributed by atoms with Crippen molar-refractivity contribution >= 4 is 46.0 Å². The number of alkyl halides is 3. The lowest BCUT2D eigenvalue weighted by Gasteiger charge is -2.40. The van der Waals surface area contributed by atoms with Crippen molar-refractivity contribution < 1.29 is 32.3 Å². The fraction of sp³-hybridized carbons (Fsp3) is 0.464. The van der Waals surface area contributed by atoms with Gasteiger partial charge in [-0.3, -0.25) is 29.3 Å². The number of nitrogens with one attached hydrogen (secondary N) is 2. The van der Waals surface area contributed by atoms with Crippen molar-refractivity contribution in [1.29, 1.82) is 0 Å². The zero-order chi connectivity index (χ0) is 30.4. The van der Waals surface area contributed by atoms with E-state index >= 15 is 0 Å². The number of pyridine rings is 1. The van der Waals surface area contributed by atoms with Gasteiger partial charge in [0.2, 0.25) is 11.8 Å². The molecule has 15 heteroatoms. The van der Waals surface area contributed by atoms with Crippen LogP contribution < -0.4 is 10.2 Å². The maximum atomic E-state index is 14.4. The highest BCUT2D eigenvalue weighted by Gasteiger charge is 2.56. The van der Waals surface area contributed by atoms with E-state index in [1.165, 1.54) is 11.1 Å². The molecule has 0 saturated carbocycles. The van der Waals surface area contributed by atoms with Gasteiger partial charge >= 0.3 is 6.18 Å². The summed E-state index contributed by atoms with van der Waals surface area (Å²) in [4.78, 5) is 50.3. The quantitative estimate of drug-likeness (QED) is 0.435. The number of rotatable bonds is 6. The van der Waals surface area contributed by atoms with Crippen molar-refractivity contribution in [2.45, 2.75) is 30.5 Å². The average Bonchev–Trinajstić information content (AvgIpc) is 3.56. The van der Waals surface area contributed by atoms with Crippen LogP contribution in [0.15, 0.2) is 36.7 Å². The molecule has 1 atom stereocenters. The van der Waals surface area contributed by atoms with Crippen LogP contribution in [0.3, 0.4) is 0 Å². The first-order valence-corrected chi connectivity index (χ1v) is 14.3. The number of piperidine rings is 1. The second-order valence-electron chi connectivity index (χ2n) is 11.0. The van der Waals surface area contributed by atoms with Crippen molar-refractivity contribution in [1.82, 2.24) is 30.3 Å². The molecule has 1 unspecified atom stereocenters. The Morgan fingerprint density at radius 2 is 1.88 bits per heavy atom. The molecule has 0 radical (unpaired) electrons. The molecule has 43 heavy (non-hydrogen) atoms. The van der Waals surface area contributed by atoms with Crippen LogP contribution >= 0.6 is 11.6 Å². The van der Waals surface area contributed by atoms with E-state index in [9.17, 15) is 27.6 Å². The maximum Gasteiger partial charge on any atom is 0.405 e. The number of ether oxygens (including phenoxy) is 1. The number of H-pyrrole nitrogens is 1. The third-order valence-electron chi connectivity index (χ3n) is 8.41. The monoisotopic (exact) mass is 619 g/mol. The Kier molecular flexibility index (Phi) is 7.77. The van der Waals surface area contributed by atoms with Crippen molar-refractivity contribution in [3.8, 4) is 0 Å². The van der Waals surface area contributed by atoms with E-state index in [1.54, 1.807) is 35.4 Å². The van der Waals surface area contributed by atoms with Crippen LogP contribution in [0, 0.1) is 0 Å². The number of fused-ring (bicyclic) bond motifs is 3. The second-order valence-corrected chi connectivity index (χ2v) is 11.4. The summed E-state index contributed by atoms with van der Waals surface area (Å²) in [7, 11) is 0. The number of aromatic nitrogens is 3. The van der Waals surface area contributed by atoms with Gasteiger partial charge in [-0.2, -0.15) is 18.3 Å². The number of amides is 3. The summed E-state index contributed by atoms with van der Waals surface area (Å²) in [5, 5.41) is 9.68. The molecule has 3 aromatic rings. The molecule has 2 N–H and O–H groups in total. The van der Waals surface area contributed by atoms with E-state index in [0.717, 1.165) is 0 Å². The molecule has 11 nitrogen and oxygen atoms in total. The summed E-state index contributed by atoms with van der Waals surface area (Å²) >= 11 is 6.71. The van der Waals surface area contributed by atoms with Gasteiger partial charge in [0.1, 0.15) is 12.6 Å². The molecule has 5 heterocycles. The van der Waals surface area contributed by atoms with E-state index in [1.807, 2.05) is 10.2 Å². The molecular formula is C28H29ClF3N7O4. The summed E-state index contributed by atoms with van der Waals surface area (Å²) in [5.74, 6) is -1.57. The highest BCUT2D eigenvalue weighted by molar-refractivity contribution is 6.33.